The van der Waals surface area contributed by atoms with Crippen LogP contribution < -0.4 is 9.47 Å². The Kier molecular flexibility index (Phi) is 7.58. The Hall–Kier alpha value is -4.18. The van der Waals surface area contributed by atoms with Gasteiger partial charge in [-0.1, -0.05) is 34.1 Å². The van der Waals surface area contributed by atoms with Crippen LogP contribution in [0.2, 0.25) is 0 Å². The Morgan fingerprint density at radius 2 is 1.65 bits per heavy atom. The number of rotatable bonds is 8. The molecule has 0 aliphatic carbocycles. The van der Waals surface area contributed by atoms with Crippen LogP contribution in [0.3, 0.4) is 0 Å². The zero-order valence-corrected chi connectivity index (χ0v) is 21.6. The minimum Gasteiger partial charge on any atom is -0.507 e. The molecule has 1 aliphatic rings. The van der Waals surface area contributed by atoms with Gasteiger partial charge in [-0.2, -0.15) is 0 Å². The maximum absolute atomic E-state index is 13.2. The predicted molar refractivity (Wildman–Crippen MR) is 139 cm³/mol. The second kappa shape index (κ2) is 10.8. The number of likely N-dealkylation sites (tertiary alicyclic amines) is 1. The molecular weight excluding hydrogens is 544 g/mol. The number of methoxy groups -OCH3 is 2. The summed E-state index contributed by atoms with van der Waals surface area (Å²) in [5.74, 6) is -0.808. The molecule has 0 aromatic heterocycles. The topological polar surface area (TPSA) is 119 Å². The normalized spacial score (nSPS) is 16.6. The molecule has 0 unspecified atom stereocenters. The van der Waals surface area contributed by atoms with Crippen molar-refractivity contribution in [2.24, 2.45) is 0 Å². The first kappa shape index (κ1) is 25.9. The number of non-ortho nitro benzene ring substituents is 1. The maximum atomic E-state index is 13.2. The first-order chi connectivity index (χ1) is 17.7. The maximum Gasteiger partial charge on any atom is 0.295 e. The average Bonchev–Trinajstić information content (AvgIpc) is 3.16. The lowest BCUT2D eigenvalue weighted by Gasteiger charge is -2.25. The number of benzene rings is 3. The third-order valence-electron chi connectivity index (χ3n) is 6.17. The number of halogens is 1. The number of nitrogens with zero attached hydrogens (tertiary/aromatic N) is 2. The fraction of sp³-hybridized carbons (Fsp3) is 0.185. The molecule has 3 aromatic carbocycles. The Labute approximate surface area is 221 Å². The van der Waals surface area contributed by atoms with Gasteiger partial charge in [-0.25, -0.2) is 0 Å². The summed E-state index contributed by atoms with van der Waals surface area (Å²) in [6.07, 6.45) is 0.384. The summed E-state index contributed by atoms with van der Waals surface area (Å²) in [7, 11) is 3.06. The number of carbonyl (C=O) groups is 2. The van der Waals surface area contributed by atoms with Crippen molar-refractivity contribution in [3.05, 3.63) is 104 Å². The highest BCUT2D eigenvalue weighted by Gasteiger charge is 2.46. The first-order valence-electron chi connectivity index (χ1n) is 11.2. The van der Waals surface area contributed by atoms with Gasteiger partial charge in [0, 0.05) is 28.7 Å². The van der Waals surface area contributed by atoms with Crippen molar-refractivity contribution >= 4 is 39.1 Å². The van der Waals surface area contributed by atoms with Gasteiger partial charge >= 0.3 is 0 Å². The van der Waals surface area contributed by atoms with E-state index in [4.69, 9.17) is 9.47 Å². The quantitative estimate of drug-likeness (QED) is 0.133. The number of aliphatic hydroxyl groups is 1. The smallest absolute Gasteiger partial charge is 0.295 e. The summed E-state index contributed by atoms with van der Waals surface area (Å²) in [6, 6.07) is 16.7. The molecule has 1 fully saturated rings. The molecule has 0 radical (unpaired) electrons. The van der Waals surface area contributed by atoms with Crippen LogP contribution in [0.25, 0.3) is 5.76 Å². The summed E-state index contributed by atoms with van der Waals surface area (Å²) in [5.41, 5.74) is 1.48. The molecule has 3 aromatic rings. The van der Waals surface area contributed by atoms with E-state index >= 15 is 0 Å². The van der Waals surface area contributed by atoms with Crippen LogP contribution in [0.1, 0.15) is 22.7 Å². The molecule has 0 spiro atoms. The van der Waals surface area contributed by atoms with Crippen LogP contribution in [0.15, 0.2) is 76.8 Å². The SMILES string of the molecule is COc1ccc(CCN2C(=O)C(=O)C(=C(O)c3ccc(Br)cc3)[C@@H]2c2ccc([N+](=O)[O-])cc2)cc1OC. The number of amides is 1. The summed E-state index contributed by atoms with van der Waals surface area (Å²) < 4.78 is 11.4. The van der Waals surface area contributed by atoms with Crippen molar-refractivity contribution in [3.8, 4) is 11.5 Å². The first-order valence-corrected chi connectivity index (χ1v) is 12.0. The van der Waals surface area contributed by atoms with Gasteiger partial charge in [-0.3, -0.25) is 19.7 Å². The van der Waals surface area contributed by atoms with E-state index in [0.29, 0.717) is 29.0 Å². The average molecular weight is 567 g/mol. The second-order valence-electron chi connectivity index (χ2n) is 8.29. The standard InChI is InChI=1S/C27H23BrN2O7/c1-36-21-12-3-16(15-22(21)37-2)13-14-29-24(17-6-10-20(11-7-17)30(34)35)23(26(32)27(29)33)25(31)18-4-8-19(28)9-5-18/h3-12,15,24,31H,13-14H2,1-2H3/t24-/m0/s1. The van der Waals surface area contributed by atoms with E-state index in [-0.39, 0.29) is 23.6 Å². The van der Waals surface area contributed by atoms with Crippen LogP contribution in [0, 0.1) is 10.1 Å². The summed E-state index contributed by atoms with van der Waals surface area (Å²) in [4.78, 5) is 38.4. The lowest BCUT2D eigenvalue weighted by Crippen LogP contribution is -2.31. The van der Waals surface area contributed by atoms with Crippen LogP contribution in [0.5, 0.6) is 11.5 Å². The van der Waals surface area contributed by atoms with Gasteiger partial charge in [-0.15, -0.1) is 0 Å². The van der Waals surface area contributed by atoms with Gasteiger partial charge in [0.15, 0.2) is 11.5 Å². The molecule has 0 bridgehead atoms. The van der Waals surface area contributed by atoms with Crippen molar-refractivity contribution in [1.29, 1.82) is 0 Å². The zero-order valence-electron chi connectivity index (χ0n) is 20.0. The monoisotopic (exact) mass is 566 g/mol. The molecule has 1 saturated heterocycles. The van der Waals surface area contributed by atoms with E-state index < -0.39 is 22.7 Å². The van der Waals surface area contributed by atoms with Crippen molar-refractivity contribution < 1.29 is 29.1 Å². The number of carbonyl (C=O) groups excluding carboxylic acids is 2. The number of hydrogen-bond donors (Lipinski definition) is 1. The summed E-state index contributed by atoms with van der Waals surface area (Å²) in [5, 5.41) is 22.3. The van der Waals surface area contributed by atoms with E-state index in [1.54, 1.807) is 36.4 Å². The molecule has 1 atom stereocenters. The minimum absolute atomic E-state index is 0.0755. The molecule has 1 N–H and O–H groups in total. The second-order valence-corrected chi connectivity index (χ2v) is 9.20. The fourth-order valence-corrected chi connectivity index (χ4v) is 4.55. The Morgan fingerprint density at radius 3 is 2.24 bits per heavy atom. The third-order valence-corrected chi connectivity index (χ3v) is 6.70. The Bertz CT molecular complexity index is 1380. The van der Waals surface area contributed by atoms with Crippen molar-refractivity contribution in [3.63, 3.8) is 0 Å². The summed E-state index contributed by atoms with van der Waals surface area (Å²) >= 11 is 3.34. The minimum atomic E-state index is -0.926. The van der Waals surface area contributed by atoms with E-state index in [2.05, 4.69) is 15.9 Å². The van der Waals surface area contributed by atoms with E-state index in [1.807, 2.05) is 6.07 Å². The fourth-order valence-electron chi connectivity index (χ4n) is 4.28. The molecule has 9 nitrogen and oxygen atoms in total. The van der Waals surface area contributed by atoms with Gasteiger partial charge in [-0.05, 0) is 53.9 Å². The highest BCUT2D eigenvalue weighted by Crippen LogP contribution is 2.40. The van der Waals surface area contributed by atoms with Crippen LogP contribution in [-0.2, 0) is 16.0 Å². The number of nitro benzene ring substituents is 1. The molecule has 190 valence electrons. The van der Waals surface area contributed by atoms with E-state index in [9.17, 15) is 24.8 Å². The molecule has 1 heterocycles. The molecular formula is C27H23BrN2O7. The molecule has 1 aliphatic heterocycles. The van der Waals surface area contributed by atoms with Crippen molar-refractivity contribution in [2.75, 3.05) is 20.8 Å². The Balaban J connectivity index is 1.75. The van der Waals surface area contributed by atoms with Gasteiger partial charge in [0.2, 0.25) is 0 Å². The number of aliphatic hydroxyl groups excluding tert-OH is 1. The van der Waals surface area contributed by atoms with E-state index in [0.717, 1.165) is 10.0 Å². The highest BCUT2D eigenvalue weighted by atomic mass is 79.9. The number of hydrogen-bond acceptors (Lipinski definition) is 7. The predicted octanol–water partition coefficient (Wildman–Crippen LogP) is 5.04. The summed E-state index contributed by atoms with van der Waals surface area (Å²) in [6.45, 7) is 0.152. The largest absolute Gasteiger partial charge is 0.507 e. The van der Waals surface area contributed by atoms with Gasteiger partial charge < -0.3 is 19.5 Å². The Morgan fingerprint density at radius 1 is 1.00 bits per heavy atom. The molecule has 10 heteroatoms. The van der Waals surface area contributed by atoms with Crippen molar-refractivity contribution in [1.82, 2.24) is 4.90 Å². The van der Waals surface area contributed by atoms with Crippen LogP contribution in [0.4, 0.5) is 5.69 Å². The van der Waals surface area contributed by atoms with Gasteiger partial charge in [0.25, 0.3) is 17.4 Å². The number of nitro groups is 1. The lowest BCUT2D eigenvalue weighted by molar-refractivity contribution is -0.384. The number of Topliss-reactive ketones (excluding diaryl/α,β-unsaturated/α-hetero) is 1. The van der Waals surface area contributed by atoms with Crippen LogP contribution >= 0.6 is 15.9 Å². The number of ketones is 1. The zero-order chi connectivity index (χ0) is 26.7. The molecule has 1 amide bonds. The highest BCUT2D eigenvalue weighted by molar-refractivity contribution is 9.10. The van der Waals surface area contributed by atoms with Gasteiger partial charge in [0.1, 0.15) is 5.76 Å². The van der Waals surface area contributed by atoms with E-state index in [1.165, 1.54) is 43.4 Å². The molecule has 0 saturated carbocycles. The lowest BCUT2D eigenvalue weighted by atomic mass is 9.95. The van der Waals surface area contributed by atoms with Crippen molar-refractivity contribution in [2.45, 2.75) is 12.5 Å². The molecule has 4 rings (SSSR count). The van der Waals surface area contributed by atoms with Crippen LogP contribution in [-0.4, -0.2) is 47.4 Å². The van der Waals surface area contributed by atoms with Gasteiger partial charge in [0.05, 0.1) is 30.8 Å². The number of ether oxygens (including phenoxy) is 2. The third kappa shape index (κ3) is 5.19. The molecule has 37 heavy (non-hydrogen) atoms.